The van der Waals surface area contributed by atoms with Gasteiger partial charge in [-0.2, -0.15) is 0 Å². The maximum Gasteiger partial charge on any atom is 0.326 e. The first-order valence-corrected chi connectivity index (χ1v) is 7.48. The van der Waals surface area contributed by atoms with Gasteiger partial charge in [0.1, 0.15) is 18.2 Å². The van der Waals surface area contributed by atoms with Crippen molar-refractivity contribution in [3.05, 3.63) is 52.2 Å². The van der Waals surface area contributed by atoms with E-state index in [-0.39, 0.29) is 22.9 Å². The van der Waals surface area contributed by atoms with Crippen LogP contribution in [0.25, 0.3) is 22.2 Å². The summed E-state index contributed by atoms with van der Waals surface area (Å²) in [5.41, 5.74) is 2.25. The lowest BCUT2D eigenvalue weighted by Gasteiger charge is -2.10. The number of amides is 1. The molecule has 0 unspecified atom stereocenters. The molecule has 2 aromatic carbocycles. The van der Waals surface area contributed by atoms with Crippen molar-refractivity contribution < 1.29 is 13.9 Å². The Kier molecular flexibility index (Phi) is 3.16. The second kappa shape index (κ2) is 5.23. The first-order valence-electron chi connectivity index (χ1n) is 7.48. The Labute approximate surface area is 135 Å². The number of nitrogens with zero attached hydrogens (tertiary/aromatic N) is 1. The molecular formula is C17H14FN3O3. The highest BCUT2D eigenvalue weighted by molar-refractivity contribution is 5.98. The highest BCUT2D eigenvalue weighted by atomic mass is 19.1. The zero-order chi connectivity index (χ0) is 16.8. The first-order chi connectivity index (χ1) is 11.5. The van der Waals surface area contributed by atoms with Crippen molar-refractivity contribution in [2.24, 2.45) is 7.05 Å². The van der Waals surface area contributed by atoms with Crippen molar-refractivity contribution in [2.75, 3.05) is 13.2 Å². The summed E-state index contributed by atoms with van der Waals surface area (Å²) in [6, 6.07) is 7.85. The van der Waals surface area contributed by atoms with E-state index in [1.54, 1.807) is 25.2 Å². The maximum atomic E-state index is 14.5. The van der Waals surface area contributed by atoms with Crippen molar-refractivity contribution in [1.82, 2.24) is 14.9 Å². The number of carbonyl (C=O) groups excluding carboxylic acids is 1. The number of benzene rings is 2. The summed E-state index contributed by atoms with van der Waals surface area (Å²) in [6.07, 6.45) is 0. The number of aromatic nitrogens is 2. The molecule has 1 amide bonds. The average molecular weight is 327 g/mol. The Hall–Kier alpha value is -3.09. The van der Waals surface area contributed by atoms with Crippen LogP contribution in [0.1, 0.15) is 10.4 Å². The van der Waals surface area contributed by atoms with Gasteiger partial charge in [0.05, 0.1) is 23.1 Å². The maximum absolute atomic E-state index is 14.5. The molecule has 0 bridgehead atoms. The highest BCUT2D eigenvalue weighted by Crippen LogP contribution is 2.32. The number of aryl methyl sites for hydroxylation is 1. The Morgan fingerprint density at radius 2 is 2.00 bits per heavy atom. The Morgan fingerprint density at radius 1 is 1.17 bits per heavy atom. The van der Waals surface area contributed by atoms with Gasteiger partial charge in [0.25, 0.3) is 5.91 Å². The van der Waals surface area contributed by atoms with Crippen molar-refractivity contribution >= 4 is 16.9 Å². The molecule has 24 heavy (non-hydrogen) atoms. The number of imidazole rings is 1. The van der Waals surface area contributed by atoms with Gasteiger partial charge >= 0.3 is 5.69 Å². The number of fused-ring (bicyclic) bond motifs is 2. The van der Waals surface area contributed by atoms with Gasteiger partial charge in [-0.1, -0.05) is 6.07 Å². The SMILES string of the molecule is Cn1c(=O)[nH]c2ccc(-c3cc4c(cc3F)OCCNC4=O)cc21. The summed E-state index contributed by atoms with van der Waals surface area (Å²) in [6.45, 7) is 0.677. The minimum absolute atomic E-state index is 0.237. The van der Waals surface area contributed by atoms with Crippen LogP contribution in [-0.2, 0) is 7.05 Å². The molecule has 0 radical (unpaired) electrons. The molecule has 1 aliphatic rings. The van der Waals surface area contributed by atoms with E-state index in [1.165, 1.54) is 16.7 Å². The average Bonchev–Trinajstić information content (AvgIpc) is 2.73. The molecule has 0 aliphatic carbocycles. The Morgan fingerprint density at radius 3 is 2.83 bits per heavy atom. The summed E-state index contributed by atoms with van der Waals surface area (Å²) in [7, 11) is 1.64. The lowest BCUT2D eigenvalue weighted by Crippen LogP contribution is -2.24. The van der Waals surface area contributed by atoms with Crippen molar-refractivity contribution in [3.63, 3.8) is 0 Å². The molecule has 0 atom stereocenters. The van der Waals surface area contributed by atoms with Crippen molar-refractivity contribution in [1.29, 1.82) is 0 Å². The smallest absolute Gasteiger partial charge is 0.326 e. The third-order valence-electron chi connectivity index (χ3n) is 4.18. The van der Waals surface area contributed by atoms with Crippen LogP contribution in [0.4, 0.5) is 4.39 Å². The van der Waals surface area contributed by atoms with E-state index in [0.29, 0.717) is 35.3 Å². The molecular weight excluding hydrogens is 313 g/mol. The molecule has 1 aliphatic heterocycles. The van der Waals surface area contributed by atoms with Gasteiger partial charge in [0, 0.05) is 18.7 Å². The molecule has 2 heterocycles. The Balaban J connectivity index is 1.92. The molecule has 2 N–H and O–H groups in total. The summed E-state index contributed by atoms with van der Waals surface area (Å²) in [4.78, 5) is 26.5. The largest absolute Gasteiger partial charge is 0.491 e. The van der Waals surface area contributed by atoms with Gasteiger partial charge in [0.15, 0.2) is 0 Å². The molecule has 3 aromatic rings. The molecule has 1 aromatic heterocycles. The number of rotatable bonds is 1. The molecule has 7 heteroatoms. The number of halogens is 1. The van der Waals surface area contributed by atoms with E-state index in [9.17, 15) is 14.0 Å². The van der Waals surface area contributed by atoms with Crippen LogP contribution in [-0.4, -0.2) is 28.6 Å². The Bertz CT molecular complexity index is 1040. The number of nitrogens with one attached hydrogen (secondary N) is 2. The lowest BCUT2D eigenvalue weighted by atomic mass is 10.0. The van der Waals surface area contributed by atoms with Gasteiger partial charge in [0.2, 0.25) is 0 Å². The first kappa shape index (κ1) is 14.5. The third kappa shape index (κ3) is 2.17. The van der Waals surface area contributed by atoms with E-state index in [1.807, 2.05) is 0 Å². The van der Waals surface area contributed by atoms with Crippen molar-refractivity contribution in [2.45, 2.75) is 0 Å². The van der Waals surface area contributed by atoms with Crippen LogP contribution in [0, 0.1) is 5.82 Å². The van der Waals surface area contributed by atoms with E-state index in [4.69, 9.17) is 4.74 Å². The fraction of sp³-hybridized carbons (Fsp3) is 0.176. The van der Waals surface area contributed by atoms with Gasteiger partial charge < -0.3 is 15.0 Å². The minimum atomic E-state index is -0.483. The zero-order valence-electron chi connectivity index (χ0n) is 12.9. The second-order valence-electron chi connectivity index (χ2n) is 5.65. The number of hydrogen-bond acceptors (Lipinski definition) is 3. The molecule has 0 saturated carbocycles. The molecule has 4 rings (SSSR count). The van der Waals surface area contributed by atoms with E-state index in [0.717, 1.165) is 0 Å². The van der Waals surface area contributed by atoms with Gasteiger partial charge in [-0.05, 0) is 23.8 Å². The van der Waals surface area contributed by atoms with Crippen molar-refractivity contribution in [3.8, 4) is 16.9 Å². The number of H-pyrrole nitrogens is 1. The second-order valence-corrected chi connectivity index (χ2v) is 5.65. The van der Waals surface area contributed by atoms with E-state index < -0.39 is 5.82 Å². The quantitative estimate of drug-likeness (QED) is 0.715. The zero-order valence-corrected chi connectivity index (χ0v) is 12.9. The summed E-state index contributed by atoms with van der Waals surface area (Å²) in [5.74, 6) is -0.538. The van der Waals surface area contributed by atoms with Gasteiger partial charge in [-0.15, -0.1) is 0 Å². The number of aromatic amines is 1. The molecule has 0 fully saturated rings. The lowest BCUT2D eigenvalue weighted by molar-refractivity contribution is 0.0957. The van der Waals surface area contributed by atoms with Crippen LogP contribution < -0.4 is 15.7 Å². The minimum Gasteiger partial charge on any atom is -0.491 e. The summed E-state index contributed by atoms with van der Waals surface area (Å²) >= 11 is 0. The normalized spacial score (nSPS) is 14.0. The van der Waals surface area contributed by atoms with Gasteiger partial charge in [-0.25, -0.2) is 9.18 Å². The van der Waals surface area contributed by atoms with E-state index >= 15 is 0 Å². The van der Waals surface area contributed by atoms with Crippen LogP contribution in [0.3, 0.4) is 0 Å². The third-order valence-corrected chi connectivity index (χ3v) is 4.18. The fourth-order valence-corrected chi connectivity index (χ4v) is 2.88. The predicted molar refractivity (Wildman–Crippen MR) is 86.8 cm³/mol. The molecule has 6 nitrogen and oxygen atoms in total. The topological polar surface area (TPSA) is 76.1 Å². The fourth-order valence-electron chi connectivity index (χ4n) is 2.88. The molecule has 0 saturated heterocycles. The predicted octanol–water partition coefficient (Wildman–Crippen LogP) is 1.79. The summed E-state index contributed by atoms with van der Waals surface area (Å²) in [5, 5.41) is 2.70. The van der Waals surface area contributed by atoms with Crippen LogP contribution in [0.15, 0.2) is 35.1 Å². The molecule has 122 valence electrons. The van der Waals surface area contributed by atoms with Crippen LogP contribution in [0.2, 0.25) is 0 Å². The number of ether oxygens (including phenoxy) is 1. The monoisotopic (exact) mass is 327 g/mol. The molecule has 0 spiro atoms. The number of carbonyl (C=O) groups is 1. The van der Waals surface area contributed by atoms with Crippen LogP contribution >= 0.6 is 0 Å². The van der Waals surface area contributed by atoms with Gasteiger partial charge in [-0.3, -0.25) is 9.36 Å². The van der Waals surface area contributed by atoms with E-state index in [2.05, 4.69) is 10.3 Å². The summed E-state index contributed by atoms with van der Waals surface area (Å²) < 4.78 is 21.4. The highest BCUT2D eigenvalue weighted by Gasteiger charge is 2.20. The van der Waals surface area contributed by atoms with Crippen LogP contribution in [0.5, 0.6) is 5.75 Å². The number of hydrogen-bond donors (Lipinski definition) is 2. The standard InChI is InChI=1S/C17H14FN3O3/c1-21-14-6-9(2-3-13(14)20-17(21)23)10-7-11-15(8-12(10)18)24-5-4-19-16(11)22/h2-3,6-8H,4-5H2,1H3,(H,19,22)(H,20,23).